The fraction of sp³-hybridized carbons (Fsp3) is 0.538. The normalized spacial score (nSPS) is 12.4. The highest BCUT2D eigenvalue weighted by Gasteiger charge is 2.03. The predicted molar refractivity (Wildman–Crippen MR) is 65.7 cm³/mol. The maximum atomic E-state index is 8.63. The topological polar surface area (TPSA) is 41.5 Å². The zero-order valence-electron chi connectivity index (χ0n) is 10.1. The van der Waals surface area contributed by atoms with Gasteiger partial charge in [0.1, 0.15) is 5.75 Å². The molecule has 0 amide bonds. The first-order chi connectivity index (χ1) is 7.77. The summed E-state index contributed by atoms with van der Waals surface area (Å²) in [7, 11) is 0. The summed E-state index contributed by atoms with van der Waals surface area (Å²) in [5.41, 5.74) is 1.26. The van der Waals surface area contributed by atoms with Crippen LogP contribution in [0, 0.1) is 0 Å². The summed E-state index contributed by atoms with van der Waals surface area (Å²) in [6.07, 6.45) is 0.676. The van der Waals surface area contributed by atoms with Gasteiger partial charge in [0.2, 0.25) is 0 Å². The second kappa shape index (κ2) is 7.25. The lowest BCUT2D eigenvalue weighted by atomic mass is 10.1. The highest BCUT2D eigenvalue weighted by atomic mass is 16.5. The van der Waals surface area contributed by atoms with Crippen molar-refractivity contribution in [3.8, 4) is 5.75 Å². The molecule has 0 aliphatic rings. The second-order valence-electron chi connectivity index (χ2n) is 3.77. The minimum Gasteiger partial charge on any atom is -0.494 e. The van der Waals surface area contributed by atoms with E-state index in [0.717, 1.165) is 12.3 Å². The number of hydrogen-bond acceptors (Lipinski definition) is 3. The van der Waals surface area contributed by atoms with Crippen molar-refractivity contribution < 1.29 is 9.84 Å². The van der Waals surface area contributed by atoms with Crippen LogP contribution in [0.25, 0.3) is 0 Å². The molecule has 0 saturated carbocycles. The van der Waals surface area contributed by atoms with Crippen LogP contribution in [-0.2, 0) is 0 Å². The maximum absolute atomic E-state index is 8.63. The molecule has 0 fully saturated rings. The number of aliphatic hydroxyl groups is 1. The van der Waals surface area contributed by atoms with Crippen LogP contribution in [0.5, 0.6) is 5.75 Å². The molecule has 0 aliphatic heterocycles. The summed E-state index contributed by atoms with van der Waals surface area (Å²) in [5, 5.41) is 12.0. The zero-order chi connectivity index (χ0) is 11.8. The third kappa shape index (κ3) is 4.21. The van der Waals surface area contributed by atoms with Gasteiger partial charge in [-0.2, -0.15) is 0 Å². The summed E-state index contributed by atoms with van der Waals surface area (Å²) in [4.78, 5) is 0. The van der Waals surface area contributed by atoms with Gasteiger partial charge in [0.25, 0.3) is 0 Å². The molecule has 90 valence electrons. The number of ether oxygens (including phenoxy) is 1. The first kappa shape index (κ1) is 13.0. The molecule has 16 heavy (non-hydrogen) atoms. The van der Waals surface area contributed by atoms with Crippen LogP contribution in [0.3, 0.4) is 0 Å². The van der Waals surface area contributed by atoms with Crippen molar-refractivity contribution in [2.24, 2.45) is 0 Å². The average Bonchev–Trinajstić information content (AvgIpc) is 2.30. The molecule has 1 unspecified atom stereocenters. The molecule has 1 aromatic rings. The lowest BCUT2D eigenvalue weighted by Crippen LogP contribution is -2.17. The molecule has 0 radical (unpaired) electrons. The van der Waals surface area contributed by atoms with Crippen molar-refractivity contribution in [1.29, 1.82) is 0 Å². The fourth-order valence-electron chi connectivity index (χ4n) is 1.53. The van der Waals surface area contributed by atoms with E-state index < -0.39 is 0 Å². The predicted octanol–water partition coefficient (Wildman–Crippen LogP) is 2.12. The fourth-order valence-corrected chi connectivity index (χ4v) is 1.53. The monoisotopic (exact) mass is 223 g/mol. The van der Waals surface area contributed by atoms with Crippen LogP contribution in [-0.4, -0.2) is 24.9 Å². The molecule has 2 N–H and O–H groups in total. The summed E-state index contributed by atoms with van der Waals surface area (Å²) in [5.74, 6) is 0.862. The molecule has 0 spiro atoms. The van der Waals surface area contributed by atoms with E-state index in [-0.39, 0.29) is 6.61 Å². The summed E-state index contributed by atoms with van der Waals surface area (Å²) in [6.45, 7) is 5.96. The van der Waals surface area contributed by atoms with Gasteiger partial charge in [0.15, 0.2) is 0 Å². The molecule has 3 nitrogen and oxygen atoms in total. The number of nitrogens with one attached hydrogen (secondary N) is 1. The molecule has 3 heteroatoms. The molecule has 0 heterocycles. The Morgan fingerprint density at radius 3 is 2.56 bits per heavy atom. The van der Waals surface area contributed by atoms with Crippen molar-refractivity contribution >= 4 is 0 Å². The molecule has 0 saturated heterocycles. The summed E-state index contributed by atoms with van der Waals surface area (Å²) < 4.78 is 5.46. The van der Waals surface area contributed by atoms with Gasteiger partial charge in [-0.05, 0) is 31.2 Å². The van der Waals surface area contributed by atoms with Gasteiger partial charge >= 0.3 is 0 Å². The average molecular weight is 223 g/mol. The standard InChI is InChI=1S/C13H21NO2/c1-3-14-11(2)12-5-7-13(8-6-12)16-10-4-9-15/h5-8,11,14-15H,3-4,9-10H2,1-2H3. The third-order valence-corrected chi connectivity index (χ3v) is 2.46. The van der Waals surface area contributed by atoms with Crippen molar-refractivity contribution in [2.45, 2.75) is 26.3 Å². The van der Waals surface area contributed by atoms with Gasteiger partial charge in [0, 0.05) is 19.1 Å². The van der Waals surface area contributed by atoms with E-state index in [9.17, 15) is 0 Å². The van der Waals surface area contributed by atoms with Crippen LogP contribution in [0.4, 0.5) is 0 Å². The van der Waals surface area contributed by atoms with Crippen molar-refractivity contribution in [1.82, 2.24) is 5.32 Å². The van der Waals surface area contributed by atoms with E-state index >= 15 is 0 Å². The van der Waals surface area contributed by atoms with Crippen LogP contribution < -0.4 is 10.1 Å². The Morgan fingerprint density at radius 1 is 1.31 bits per heavy atom. The molecule has 1 rings (SSSR count). The first-order valence-corrected chi connectivity index (χ1v) is 5.85. The number of rotatable bonds is 7. The highest BCUT2D eigenvalue weighted by Crippen LogP contribution is 2.17. The van der Waals surface area contributed by atoms with Crippen LogP contribution in [0.15, 0.2) is 24.3 Å². The van der Waals surface area contributed by atoms with Crippen LogP contribution in [0.1, 0.15) is 31.9 Å². The highest BCUT2D eigenvalue weighted by molar-refractivity contribution is 5.28. The Labute approximate surface area is 97.4 Å². The molecule has 1 atom stereocenters. The molecule has 1 aromatic carbocycles. The SMILES string of the molecule is CCNC(C)c1ccc(OCCCO)cc1. The van der Waals surface area contributed by atoms with E-state index in [0.29, 0.717) is 19.1 Å². The summed E-state index contributed by atoms with van der Waals surface area (Å²) in [6, 6.07) is 8.46. The zero-order valence-corrected chi connectivity index (χ0v) is 10.1. The lowest BCUT2D eigenvalue weighted by molar-refractivity contribution is 0.233. The Morgan fingerprint density at radius 2 is 2.00 bits per heavy atom. The molecule has 0 bridgehead atoms. The van der Waals surface area contributed by atoms with Gasteiger partial charge in [-0.1, -0.05) is 19.1 Å². The number of benzene rings is 1. The van der Waals surface area contributed by atoms with Crippen molar-refractivity contribution in [3.63, 3.8) is 0 Å². The Balaban J connectivity index is 2.47. The minimum atomic E-state index is 0.176. The molecular weight excluding hydrogens is 202 g/mol. The first-order valence-electron chi connectivity index (χ1n) is 5.85. The Kier molecular flexibility index (Phi) is 5.90. The van der Waals surface area contributed by atoms with E-state index in [4.69, 9.17) is 9.84 Å². The number of aliphatic hydroxyl groups excluding tert-OH is 1. The minimum absolute atomic E-state index is 0.176. The van der Waals surface area contributed by atoms with Gasteiger partial charge in [-0.3, -0.25) is 0 Å². The van der Waals surface area contributed by atoms with Gasteiger partial charge in [-0.15, -0.1) is 0 Å². The quantitative estimate of drug-likeness (QED) is 0.696. The van der Waals surface area contributed by atoms with Gasteiger partial charge in [0.05, 0.1) is 6.61 Å². The summed E-state index contributed by atoms with van der Waals surface area (Å²) >= 11 is 0. The van der Waals surface area contributed by atoms with E-state index in [1.807, 2.05) is 12.1 Å². The largest absolute Gasteiger partial charge is 0.494 e. The van der Waals surface area contributed by atoms with E-state index in [1.165, 1.54) is 5.56 Å². The van der Waals surface area contributed by atoms with Crippen molar-refractivity contribution in [3.05, 3.63) is 29.8 Å². The molecular formula is C13H21NO2. The smallest absolute Gasteiger partial charge is 0.119 e. The van der Waals surface area contributed by atoms with Gasteiger partial charge in [-0.25, -0.2) is 0 Å². The van der Waals surface area contributed by atoms with E-state index in [1.54, 1.807) is 0 Å². The third-order valence-electron chi connectivity index (χ3n) is 2.46. The van der Waals surface area contributed by atoms with Crippen LogP contribution in [0.2, 0.25) is 0 Å². The Bertz CT molecular complexity index is 284. The maximum Gasteiger partial charge on any atom is 0.119 e. The lowest BCUT2D eigenvalue weighted by Gasteiger charge is -2.13. The van der Waals surface area contributed by atoms with E-state index in [2.05, 4.69) is 31.3 Å². The molecule has 0 aliphatic carbocycles. The number of hydrogen-bond donors (Lipinski definition) is 2. The second-order valence-corrected chi connectivity index (χ2v) is 3.77. The van der Waals surface area contributed by atoms with Gasteiger partial charge < -0.3 is 15.2 Å². The molecule has 0 aromatic heterocycles. The van der Waals surface area contributed by atoms with Crippen LogP contribution >= 0.6 is 0 Å². The van der Waals surface area contributed by atoms with Crippen molar-refractivity contribution in [2.75, 3.05) is 19.8 Å². The Hall–Kier alpha value is -1.06.